The lowest BCUT2D eigenvalue weighted by atomic mass is 10.1. The van der Waals surface area contributed by atoms with E-state index in [9.17, 15) is 14.0 Å². The molecule has 0 saturated heterocycles. The van der Waals surface area contributed by atoms with Crippen LogP contribution in [0.15, 0.2) is 18.2 Å². The van der Waals surface area contributed by atoms with Crippen LogP contribution in [0.3, 0.4) is 0 Å². The standard InChI is InChI=1S/C12H13ClFNO3/c1-3-10(12(17)18)15(2)11(16)8-6-7(13)4-5-9(8)14/h4-6,10H,3H2,1-2H3,(H,17,18). The van der Waals surface area contributed by atoms with Crippen molar-refractivity contribution in [2.75, 3.05) is 7.05 Å². The topological polar surface area (TPSA) is 57.6 Å². The van der Waals surface area contributed by atoms with Gasteiger partial charge in [0.1, 0.15) is 11.9 Å². The van der Waals surface area contributed by atoms with E-state index in [2.05, 4.69) is 0 Å². The molecule has 0 radical (unpaired) electrons. The van der Waals surface area contributed by atoms with Crippen LogP contribution in [0.25, 0.3) is 0 Å². The Labute approximate surface area is 109 Å². The van der Waals surface area contributed by atoms with E-state index < -0.39 is 23.7 Å². The van der Waals surface area contributed by atoms with Crippen molar-refractivity contribution in [3.05, 3.63) is 34.6 Å². The average Bonchev–Trinajstić information content (AvgIpc) is 2.31. The summed E-state index contributed by atoms with van der Waals surface area (Å²) < 4.78 is 13.5. The first-order valence-corrected chi connectivity index (χ1v) is 5.71. The molecule has 1 rings (SSSR count). The van der Waals surface area contributed by atoms with Gasteiger partial charge >= 0.3 is 5.97 Å². The molecule has 1 amide bonds. The Morgan fingerprint density at radius 2 is 2.11 bits per heavy atom. The third-order valence-electron chi connectivity index (χ3n) is 2.62. The Kier molecular flexibility index (Phi) is 4.67. The predicted octanol–water partition coefficient (Wildman–Crippen LogP) is 2.41. The number of benzene rings is 1. The van der Waals surface area contributed by atoms with Gasteiger partial charge < -0.3 is 10.0 Å². The zero-order valence-corrected chi connectivity index (χ0v) is 10.7. The fourth-order valence-corrected chi connectivity index (χ4v) is 1.78. The molecule has 1 aromatic carbocycles. The van der Waals surface area contributed by atoms with Gasteiger partial charge in [0.2, 0.25) is 0 Å². The highest BCUT2D eigenvalue weighted by molar-refractivity contribution is 6.31. The largest absolute Gasteiger partial charge is 0.480 e. The highest BCUT2D eigenvalue weighted by Gasteiger charge is 2.27. The van der Waals surface area contributed by atoms with Crippen LogP contribution in [0.1, 0.15) is 23.7 Å². The minimum atomic E-state index is -1.13. The number of nitrogens with zero attached hydrogens (tertiary/aromatic N) is 1. The second-order valence-electron chi connectivity index (χ2n) is 3.80. The lowest BCUT2D eigenvalue weighted by Gasteiger charge is -2.24. The van der Waals surface area contributed by atoms with Gasteiger partial charge in [-0.25, -0.2) is 9.18 Å². The fraction of sp³-hybridized carbons (Fsp3) is 0.333. The number of carboxylic acid groups (broad SMARTS) is 1. The molecule has 0 fully saturated rings. The van der Waals surface area contributed by atoms with Crippen LogP contribution >= 0.6 is 11.6 Å². The highest BCUT2D eigenvalue weighted by atomic mass is 35.5. The first-order chi connectivity index (χ1) is 8.38. The van der Waals surface area contributed by atoms with Crippen molar-refractivity contribution < 1.29 is 19.1 Å². The van der Waals surface area contributed by atoms with Gasteiger partial charge in [-0.15, -0.1) is 0 Å². The molecule has 1 N–H and O–H groups in total. The van der Waals surface area contributed by atoms with Crippen LogP contribution in [-0.2, 0) is 4.79 Å². The molecule has 1 unspecified atom stereocenters. The first-order valence-electron chi connectivity index (χ1n) is 5.33. The lowest BCUT2D eigenvalue weighted by molar-refractivity contribution is -0.142. The van der Waals surface area contributed by atoms with E-state index in [1.165, 1.54) is 19.2 Å². The van der Waals surface area contributed by atoms with Crippen LogP contribution in [0, 0.1) is 5.82 Å². The van der Waals surface area contributed by atoms with Crippen LogP contribution in [0.2, 0.25) is 5.02 Å². The van der Waals surface area contributed by atoms with Gasteiger partial charge in [-0.1, -0.05) is 18.5 Å². The number of likely N-dealkylation sites (N-methyl/N-ethyl adjacent to an activating group) is 1. The molecule has 1 atom stereocenters. The Morgan fingerprint density at radius 1 is 1.50 bits per heavy atom. The third kappa shape index (κ3) is 2.98. The normalized spacial score (nSPS) is 12.0. The summed E-state index contributed by atoms with van der Waals surface area (Å²) in [5.74, 6) is -2.56. The predicted molar refractivity (Wildman–Crippen MR) is 65.2 cm³/mol. The lowest BCUT2D eigenvalue weighted by Crippen LogP contribution is -2.42. The first kappa shape index (κ1) is 14.4. The number of halogens is 2. The number of rotatable bonds is 4. The van der Waals surface area contributed by atoms with Crippen molar-refractivity contribution in [1.29, 1.82) is 0 Å². The van der Waals surface area contributed by atoms with E-state index in [0.29, 0.717) is 0 Å². The van der Waals surface area contributed by atoms with Crippen molar-refractivity contribution in [3.8, 4) is 0 Å². The van der Waals surface area contributed by atoms with Crippen molar-refractivity contribution >= 4 is 23.5 Å². The second-order valence-corrected chi connectivity index (χ2v) is 4.24. The molecular weight excluding hydrogens is 261 g/mol. The van der Waals surface area contributed by atoms with Crippen molar-refractivity contribution in [2.24, 2.45) is 0 Å². The van der Waals surface area contributed by atoms with Gasteiger partial charge in [0.15, 0.2) is 0 Å². The molecule has 0 bridgehead atoms. The molecule has 0 heterocycles. The summed E-state index contributed by atoms with van der Waals surface area (Å²) in [7, 11) is 1.32. The zero-order valence-electron chi connectivity index (χ0n) is 9.98. The van der Waals surface area contributed by atoms with Crippen LogP contribution in [0.5, 0.6) is 0 Å². The summed E-state index contributed by atoms with van der Waals surface area (Å²) in [6, 6.07) is 2.59. The number of hydrogen-bond acceptors (Lipinski definition) is 2. The molecule has 0 aliphatic rings. The maximum Gasteiger partial charge on any atom is 0.326 e. The summed E-state index contributed by atoms with van der Waals surface area (Å²) in [6.07, 6.45) is 0.236. The highest BCUT2D eigenvalue weighted by Crippen LogP contribution is 2.17. The summed E-state index contributed by atoms with van der Waals surface area (Å²) in [4.78, 5) is 23.9. The molecule has 18 heavy (non-hydrogen) atoms. The smallest absolute Gasteiger partial charge is 0.326 e. The molecule has 6 heteroatoms. The molecule has 98 valence electrons. The van der Waals surface area contributed by atoms with E-state index in [1.54, 1.807) is 6.92 Å². The average molecular weight is 274 g/mol. The quantitative estimate of drug-likeness (QED) is 0.916. The minimum absolute atomic E-state index is 0.219. The van der Waals surface area contributed by atoms with Crippen molar-refractivity contribution in [3.63, 3.8) is 0 Å². The molecule has 4 nitrogen and oxygen atoms in total. The number of carbonyl (C=O) groups is 2. The third-order valence-corrected chi connectivity index (χ3v) is 2.85. The van der Waals surface area contributed by atoms with Crippen LogP contribution < -0.4 is 0 Å². The maximum absolute atomic E-state index is 13.5. The summed E-state index contributed by atoms with van der Waals surface area (Å²) in [6.45, 7) is 1.64. The molecule has 0 spiro atoms. The Morgan fingerprint density at radius 3 is 2.61 bits per heavy atom. The fourth-order valence-electron chi connectivity index (χ4n) is 1.61. The number of amides is 1. The summed E-state index contributed by atoms with van der Waals surface area (Å²) in [5, 5.41) is 9.17. The molecule has 0 aromatic heterocycles. The van der Waals surface area contributed by atoms with E-state index in [0.717, 1.165) is 11.0 Å². The Hall–Kier alpha value is -1.62. The van der Waals surface area contributed by atoms with Crippen molar-refractivity contribution in [1.82, 2.24) is 4.90 Å². The van der Waals surface area contributed by atoms with E-state index in [-0.39, 0.29) is 17.0 Å². The molecule has 0 aliphatic carbocycles. The molecular formula is C12H13ClFNO3. The van der Waals surface area contributed by atoms with Gasteiger partial charge in [-0.05, 0) is 24.6 Å². The van der Waals surface area contributed by atoms with Crippen LogP contribution in [-0.4, -0.2) is 35.0 Å². The molecule has 0 saturated carbocycles. The number of aliphatic carboxylic acids is 1. The van der Waals surface area contributed by atoms with Gasteiger partial charge in [-0.3, -0.25) is 4.79 Å². The Balaban J connectivity index is 3.06. The number of carboxylic acids is 1. The van der Waals surface area contributed by atoms with Crippen LogP contribution in [0.4, 0.5) is 4.39 Å². The zero-order chi connectivity index (χ0) is 13.9. The second kappa shape index (κ2) is 5.82. The van der Waals surface area contributed by atoms with Crippen molar-refractivity contribution in [2.45, 2.75) is 19.4 Å². The number of hydrogen-bond donors (Lipinski definition) is 1. The van der Waals surface area contributed by atoms with Gasteiger partial charge in [0.05, 0.1) is 5.56 Å². The summed E-state index contributed by atoms with van der Waals surface area (Å²) in [5.41, 5.74) is -0.232. The van der Waals surface area contributed by atoms with E-state index in [1.807, 2.05) is 0 Å². The van der Waals surface area contributed by atoms with Gasteiger partial charge in [-0.2, -0.15) is 0 Å². The minimum Gasteiger partial charge on any atom is -0.480 e. The summed E-state index contributed by atoms with van der Waals surface area (Å²) >= 11 is 5.69. The monoisotopic (exact) mass is 273 g/mol. The van der Waals surface area contributed by atoms with Gasteiger partial charge in [0, 0.05) is 12.1 Å². The Bertz CT molecular complexity index is 478. The van der Waals surface area contributed by atoms with E-state index in [4.69, 9.17) is 16.7 Å². The van der Waals surface area contributed by atoms with E-state index >= 15 is 0 Å². The molecule has 1 aromatic rings. The van der Waals surface area contributed by atoms with Gasteiger partial charge in [0.25, 0.3) is 5.91 Å². The molecule has 0 aliphatic heterocycles. The SMILES string of the molecule is CCC(C(=O)O)N(C)C(=O)c1cc(Cl)ccc1F. The maximum atomic E-state index is 13.5. The number of carbonyl (C=O) groups excluding carboxylic acids is 1.